The van der Waals surface area contributed by atoms with Gasteiger partial charge in [-0.15, -0.1) is 0 Å². The van der Waals surface area contributed by atoms with E-state index in [2.05, 4.69) is 32.2 Å². The zero-order chi connectivity index (χ0) is 25.0. The van der Waals surface area contributed by atoms with Crippen LogP contribution in [0.2, 0.25) is 0 Å². The first-order valence-electron chi connectivity index (χ1n) is 12.0. The Labute approximate surface area is 203 Å². The summed E-state index contributed by atoms with van der Waals surface area (Å²) in [7, 11) is 2.16. The lowest BCUT2D eigenvalue weighted by molar-refractivity contribution is -0.131. The molecule has 0 bridgehead atoms. The summed E-state index contributed by atoms with van der Waals surface area (Å²) in [4.78, 5) is 20.5. The van der Waals surface area contributed by atoms with Crippen molar-refractivity contribution in [2.24, 2.45) is 5.92 Å². The van der Waals surface area contributed by atoms with Crippen LogP contribution in [0.1, 0.15) is 48.7 Å². The molecule has 0 spiro atoms. The molecule has 0 aliphatic carbocycles. The van der Waals surface area contributed by atoms with Crippen molar-refractivity contribution < 1.29 is 13.2 Å². The SMILES string of the molecule is C/C=C(/c1ccc2ncc(CC3CCN(C)CC3)nc2c1)c1cnc(NCCC(F)(F)F)nc1C. The lowest BCUT2D eigenvalue weighted by Crippen LogP contribution is -2.31. The van der Waals surface area contributed by atoms with Crippen LogP contribution in [-0.2, 0) is 6.42 Å². The minimum Gasteiger partial charge on any atom is -0.354 e. The third kappa shape index (κ3) is 6.54. The molecule has 0 radical (unpaired) electrons. The van der Waals surface area contributed by atoms with Gasteiger partial charge in [0.15, 0.2) is 0 Å². The number of nitrogens with one attached hydrogen (secondary N) is 1. The van der Waals surface area contributed by atoms with Gasteiger partial charge in [-0.25, -0.2) is 15.0 Å². The van der Waals surface area contributed by atoms with Crippen molar-refractivity contribution in [3.05, 3.63) is 59.2 Å². The number of halogens is 3. The highest BCUT2D eigenvalue weighted by Crippen LogP contribution is 2.28. The number of aromatic nitrogens is 4. The zero-order valence-electron chi connectivity index (χ0n) is 20.4. The number of hydrogen-bond acceptors (Lipinski definition) is 6. The fourth-order valence-electron chi connectivity index (χ4n) is 4.49. The van der Waals surface area contributed by atoms with Crippen LogP contribution in [0.3, 0.4) is 0 Å². The first kappa shape index (κ1) is 25.0. The van der Waals surface area contributed by atoms with Crippen LogP contribution < -0.4 is 5.32 Å². The second kappa shape index (κ2) is 10.7. The van der Waals surface area contributed by atoms with E-state index in [1.807, 2.05) is 44.3 Å². The summed E-state index contributed by atoms with van der Waals surface area (Å²) < 4.78 is 37.2. The van der Waals surface area contributed by atoms with E-state index in [-0.39, 0.29) is 12.5 Å². The van der Waals surface area contributed by atoms with Gasteiger partial charge in [0.1, 0.15) is 0 Å². The summed E-state index contributed by atoms with van der Waals surface area (Å²) in [5.41, 5.74) is 6.11. The number of hydrogen-bond donors (Lipinski definition) is 1. The van der Waals surface area contributed by atoms with Crippen molar-refractivity contribution in [3.8, 4) is 0 Å². The van der Waals surface area contributed by atoms with Crippen LogP contribution >= 0.6 is 0 Å². The second-order valence-electron chi connectivity index (χ2n) is 9.20. The van der Waals surface area contributed by atoms with E-state index in [1.54, 1.807) is 6.20 Å². The van der Waals surface area contributed by atoms with Crippen LogP contribution in [0.4, 0.5) is 19.1 Å². The molecule has 1 saturated heterocycles. The number of benzene rings is 1. The molecule has 1 aromatic carbocycles. The first-order chi connectivity index (χ1) is 16.7. The fraction of sp³-hybridized carbons (Fsp3) is 0.462. The summed E-state index contributed by atoms with van der Waals surface area (Å²) in [5.74, 6) is 0.823. The number of likely N-dealkylation sites (tertiary alicyclic amines) is 1. The number of anilines is 1. The van der Waals surface area contributed by atoms with Gasteiger partial charge in [-0.3, -0.25) is 4.98 Å². The van der Waals surface area contributed by atoms with Gasteiger partial charge in [-0.1, -0.05) is 12.1 Å². The van der Waals surface area contributed by atoms with Crippen molar-refractivity contribution in [1.82, 2.24) is 24.8 Å². The maximum Gasteiger partial charge on any atom is 0.390 e. The van der Waals surface area contributed by atoms with Crippen molar-refractivity contribution in [2.75, 3.05) is 32.0 Å². The zero-order valence-corrected chi connectivity index (χ0v) is 20.4. The molecule has 9 heteroatoms. The Balaban J connectivity index is 1.53. The Kier molecular flexibility index (Phi) is 7.64. The number of rotatable bonds is 7. The molecule has 1 fully saturated rings. The van der Waals surface area contributed by atoms with Crippen molar-refractivity contribution >= 4 is 22.6 Å². The first-order valence-corrected chi connectivity index (χ1v) is 12.0. The Morgan fingerprint density at radius 1 is 1.11 bits per heavy atom. The van der Waals surface area contributed by atoms with Gasteiger partial charge in [0.05, 0.1) is 28.8 Å². The number of aryl methyl sites for hydroxylation is 1. The monoisotopic (exact) mass is 484 g/mol. The van der Waals surface area contributed by atoms with E-state index in [0.717, 1.165) is 52.9 Å². The van der Waals surface area contributed by atoms with E-state index in [4.69, 9.17) is 4.98 Å². The number of nitrogens with zero attached hydrogens (tertiary/aromatic N) is 5. The Morgan fingerprint density at radius 2 is 1.89 bits per heavy atom. The highest BCUT2D eigenvalue weighted by Gasteiger charge is 2.26. The van der Waals surface area contributed by atoms with E-state index in [0.29, 0.717) is 11.6 Å². The largest absolute Gasteiger partial charge is 0.390 e. The molecule has 0 saturated carbocycles. The van der Waals surface area contributed by atoms with Crippen LogP contribution in [-0.4, -0.2) is 57.7 Å². The van der Waals surface area contributed by atoms with E-state index >= 15 is 0 Å². The molecule has 2 aromatic heterocycles. The van der Waals surface area contributed by atoms with Crippen molar-refractivity contribution in [1.29, 1.82) is 0 Å². The minimum atomic E-state index is -4.22. The highest BCUT2D eigenvalue weighted by atomic mass is 19.4. The summed E-state index contributed by atoms with van der Waals surface area (Å²) in [6, 6.07) is 5.99. The standard InChI is InChI=1S/C26H31F3N6/c1-4-21(22-16-32-25(33-17(22)2)30-10-9-26(27,28)29)19-5-6-23-24(14-19)34-20(15-31-23)13-18-7-11-35(3)12-8-18/h4-6,14-16,18H,7-13H2,1-3H3,(H,30,32,33)/b21-4-. The molecule has 1 aliphatic rings. The third-order valence-electron chi connectivity index (χ3n) is 6.49. The van der Waals surface area contributed by atoms with Crippen molar-refractivity contribution in [2.45, 2.75) is 45.7 Å². The molecule has 6 nitrogen and oxygen atoms in total. The predicted molar refractivity (Wildman–Crippen MR) is 132 cm³/mol. The Hall–Kier alpha value is -3.07. The van der Waals surface area contributed by atoms with Gasteiger partial charge in [0.25, 0.3) is 0 Å². The average molecular weight is 485 g/mol. The van der Waals surface area contributed by atoms with Crippen molar-refractivity contribution in [3.63, 3.8) is 0 Å². The Morgan fingerprint density at radius 3 is 2.57 bits per heavy atom. The summed E-state index contributed by atoms with van der Waals surface area (Å²) >= 11 is 0. The van der Waals surface area contributed by atoms with Crippen LogP contribution in [0.15, 0.2) is 36.7 Å². The van der Waals surface area contributed by atoms with Gasteiger partial charge in [0.2, 0.25) is 5.95 Å². The smallest absolute Gasteiger partial charge is 0.354 e. The molecule has 4 rings (SSSR count). The van der Waals surface area contributed by atoms with E-state index < -0.39 is 12.6 Å². The summed E-state index contributed by atoms with van der Waals surface area (Å²) in [6.45, 7) is 5.76. The number of allylic oxidation sites excluding steroid dienone is 1. The van der Waals surface area contributed by atoms with E-state index in [1.165, 1.54) is 12.8 Å². The predicted octanol–water partition coefficient (Wildman–Crippen LogP) is 5.43. The molecule has 1 N–H and O–H groups in total. The van der Waals surface area contributed by atoms with E-state index in [9.17, 15) is 13.2 Å². The summed E-state index contributed by atoms with van der Waals surface area (Å²) in [6.07, 6.45) is 3.67. The molecule has 0 amide bonds. The number of fused-ring (bicyclic) bond motifs is 1. The van der Waals surface area contributed by atoms with Gasteiger partial charge >= 0.3 is 6.18 Å². The van der Waals surface area contributed by atoms with Crippen LogP contribution in [0, 0.1) is 12.8 Å². The molecular formula is C26H31F3N6. The topological polar surface area (TPSA) is 66.8 Å². The third-order valence-corrected chi connectivity index (χ3v) is 6.49. The molecule has 35 heavy (non-hydrogen) atoms. The van der Waals surface area contributed by atoms with Crippen LogP contribution in [0.5, 0.6) is 0 Å². The maximum atomic E-state index is 12.4. The quantitative estimate of drug-likeness (QED) is 0.483. The minimum absolute atomic E-state index is 0.189. The molecule has 0 atom stereocenters. The molecule has 3 heterocycles. The summed E-state index contributed by atoms with van der Waals surface area (Å²) in [5, 5.41) is 2.65. The average Bonchev–Trinajstić information content (AvgIpc) is 2.81. The molecule has 3 aromatic rings. The van der Waals surface area contributed by atoms with Gasteiger partial charge in [-0.05, 0) is 82.4 Å². The maximum absolute atomic E-state index is 12.4. The number of alkyl halides is 3. The molecule has 1 aliphatic heterocycles. The molecular weight excluding hydrogens is 453 g/mol. The normalized spacial score (nSPS) is 16.1. The fourth-order valence-corrected chi connectivity index (χ4v) is 4.49. The highest BCUT2D eigenvalue weighted by molar-refractivity contribution is 5.86. The van der Waals surface area contributed by atoms with Gasteiger partial charge in [-0.2, -0.15) is 13.2 Å². The Bertz CT molecular complexity index is 1200. The van der Waals surface area contributed by atoms with Gasteiger partial charge < -0.3 is 10.2 Å². The van der Waals surface area contributed by atoms with Gasteiger partial charge in [0, 0.05) is 24.5 Å². The molecule has 0 unspecified atom stereocenters. The molecule has 186 valence electrons. The number of piperidine rings is 1. The lowest BCUT2D eigenvalue weighted by atomic mass is 9.92. The van der Waals surface area contributed by atoms with Crippen LogP contribution in [0.25, 0.3) is 16.6 Å². The second-order valence-corrected chi connectivity index (χ2v) is 9.20. The lowest BCUT2D eigenvalue weighted by Gasteiger charge is -2.28.